The van der Waals surface area contributed by atoms with Gasteiger partial charge >= 0.3 is 18.0 Å². The van der Waals surface area contributed by atoms with E-state index in [1.165, 1.54) is 12.1 Å². The van der Waals surface area contributed by atoms with Gasteiger partial charge in [-0.3, -0.25) is 14.9 Å². The maximum Gasteiger partial charge on any atom is 0.411 e. The van der Waals surface area contributed by atoms with E-state index >= 15 is 0 Å². The summed E-state index contributed by atoms with van der Waals surface area (Å²) in [4.78, 5) is 34.5. The zero-order valence-electron chi connectivity index (χ0n) is 12.3. The van der Waals surface area contributed by atoms with E-state index in [4.69, 9.17) is 15.6 Å². The third-order valence-electron chi connectivity index (χ3n) is 4.67. The summed E-state index contributed by atoms with van der Waals surface area (Å²) in [6.07, 6.45) is -1.94. The lowest BCUT2D eigenvalue weighted by atomic mass is 9.91. The van der Waals surface area contributed by atoms with Gasteiger partial charge in [-0.05, 0) is 24.3 Å². The van der Waals surface area contributed by atoms with Crippen LogP contribution in [0.2, 0.25) is 0 Å². The lowest BCUT2D eigenvalue weighted by Crippen LogP contribution is -2.51. The number of carboxylic acid groups (broad SMARTS) is 2. The molecular formula is C15H15FN2O6. The summed E-state index contributed by atoms with van der Waals surface area (Å²) < 4.78 is 18.0. The molecule has 1 aromatic carbocycles. The van der Waals surface area contributed by atoms with Gasteiger partial charge in [0.15, 0.2) is 0 Å². The summed E-state index contributed by atoms with van der Waals surface area (Å²) in [5.74, 6) is -5.27. The molecule has 2 aliphatic rings. The van der Waals surface area contributed by atoms with E-state index in [9.17, 15) is 23.9 Å². The van der Waals surface area contributed by atoms with Gasteiger partial charge in [-0.2, -0.15) is 0 Å². The topological polar surface area (TPSA) is 139 Å². The fourth-order valence-corrected chi connectivity index (χ4v) is 3.55. The normalized spacial score (nSPS) is 33.4. The molecule has 0 aromatic heterocycles. The second-order valence-electron chi connectivity index (χ2n) is 6.09. The van der Waals surface area contributed by atoms with Crippen molar-refractivity contribution in [1.82, 2.24) is 0 Å². The number of benzene rings is 1. The number of carbonyl (C=O) groups excluding carboxylic acids is 1. The first-order valence-electron chi connectivity index (χ1n) is 7.22. The molecule has 5 N–H and O–H groups in total. The number of ether oxygens (including phenoxy) is 1. The predicted molar refractivity (Wildman–Crippen MR) is 77.6 cm³/mol. The quantitative estimate of drug-likeness (QED) is 0.639. The number of carbonyl (C=O) groups is 3. The average molecular weight is 338 g/mol. The van der Waals surface area contributed by atoms with Gasteiger partial charge in [-0.1, -0.05) is 0 Å². The van der Waals surface area contributed by atoms with Crippen LogP contribution in [-0.4, -0.2) is 39.9 Å². The maximum absolute atomic E-state index is 12.8. The summed E-state index contributed by atoms with van der Waals surface area (Å²) in [7, 11) is 0. The number of amides is 1. The summed E-state index contributed by atoms with van der Waals surface area (Å²) in [6.45, 7) is 0. The standard InChI is InChI=1S/C15H15FN2O6/c16-6-1-3-7(4-2-6)18-14(23)24-8-5-15(17,13(21)22)11-9(8)10(11)12(19)20/h1-4,8-11H,5,17H2,(H,18,23)(H,19,20)(H,21,22)/t8-,9-,10-,11-,15-/m0/s1. The minimum absolute atomic E-state index is 0.154. The smallest absolute Gasteiger partial charge is 0.411 e. The molecule has 0 aliphatic heterocycles. The van der Waals surface area contributed by atoms with Gasteiger partial charge in [0.1, 0.15) is 17.5 Å². The molecule has 2 fully saturated rings. The monoisotopic (exact) mass is 338 g/mol. The molecule has 0 heterocycles. The molecule has 0 unspecified atom stereocenters. The molecule has 2 saturated carbocycles. The van der Waals surface area contributed by atoms with Crippen molar-refractivity contribution in [2.45, 2.75) is 18.1 Å². The zero-order chi connectivity index (χ0) is 17.6. The van der Waals surface area contributed by atoms with E-state index < -0.39 is 53.2 Å². The highest BCUT2D eigenvalue weighted by Crippen LogP contribution is 2.62. The minimum atomic E-state index is -1.73. The summed E-state index contributed by atoms with van der Waals surface area (Å²) in [5.41, 5.74) is 4.40. The largest absolute Gasteiger partial charge is 0.481 e. The van der Waals surface area contributed by atoms with Crippen LogP contribution in [0.25, 0.3) is 0 Å². The van der Waals surface area contributed by atoms with Crippen LogP contribution < -0.4 is 11.1 Å². The number of rotatable bonds is 4. The van der Waals surface area contributed by atoms with Gasteiger partial charge in [0.2, 0.25) is 0 Å². The Morgan fingerprint density at radius 3 is 2.42 bits per heavy atom. The van der Waals surface area contributed by atoms with Gasteiger partial charge in [0, 0.05) is 23.9 Å². The Kier molecular flexibility index (Phi) is 3.67. The van der Waals surface area contributed by atoms with Gasteiger partial charge in [-0.25, -0.2) is 9.18 Å². The molecule has 8 nitrogen and oxygen atoms in total. The van der Waals surface area contributed by atoms with Crippen molar-refractivity contribution in [2.24, 2.45) is 23.5 Å². The first-order chi connectivity index (χ1) is 11.2. The highest BCUT2D eigenvalue weighted by atomic mass is 19.1. The Bertz CT molecular complexity index is 708. The first kappa shape index (κ1) is 16.2. The second-order valence-corrected chi connectivity index (χ2v) is 6.09. The lowest BCUT2D eigenvalue weighted by molar-refractivity contribution is -0.146. The van der Waals surface area contributed by atoms with Crippen molar-refractivity contribution < 1.29 is 33.7 Å². The third-order valence-corrected chi connectivity index (χ3v) is 4.67. The number of carboxylic acids is 2. The molecule has 0 spiro atoms. The number of nitrogens with two attached hydrogens (primary N) is 1. The van der Waals surface area contributed by atoms with Gasteiger partial charge < -0.3 is 20.7 Å². The van der Waals surface area contributed by atoms with Crippen molar-refractivity contribution in [1.29, 1.82) is 0 Å². The van der Waals surface area contributed by atoms with Crippen LogP contribution in [0.1, 0.15) is 6.42 Å². The fourth-order valence-electron chi connectivity index (χ4n) is 3.55. The highest BCUT2D eigenvalue weighted by molar-refractivity contribution is 5.87. The van der Waals surface area contributed by atoms with Crippen LogP contribution in [0.15, 0.2) is 24.3 Å². The number of hydrogen-bond donors (Lipinski definition) is 4. The summed E-state index contributed by atoms with van der Waals surface area (Å²) in [5, 5.41) is 20.8. The molecule has 5 atom stereocenters. The Morgan fingerprint density at radius 2 is 1.88 bits per heavy atom. The van der Waals surface area contributed by atoms with E-state index in [1.54, 1.807) is 0 Å². The summed E-state index contributed by atoms with van der Waals surface area (Å²) in [6, 6.07) is 4.96. The minimum Gasteiger partial charge on any atom is -0.481 e. The van der Waals surface area contributed by atoms with E-state index in [1.807, 2.05) is 0 Å². The van der Waals surface area contributed by atoms with Crippen LogP contribution in [0.5, 0.6) is 0 Å². The van der Waals surface area contributed by atoms with Crippen molar-refractivity contribution in [2.75, 3.05) is 5.32 Å². The molecular weight excluding hydrogens is 323 g/mol. The molecule has 3 rings (SSSR count). The number of halogens is 1. The van der Waals surface area contributed by atoms with E-state index in [0.29, 0.717) is 5.69 Å². The van der Waals surface area contributed by atoms with Gasteiger partial charge in [0.25, 0.3) is 0 Å². The molecule has 0 radical (unpaired) electrons. The Labute approximate surface area is 135 Å². The fraction of sp³-hybridized carbons (Fsp3) is 0.400. The Hall–Kier alpha value is -2.68. The summed E-state index contributed by atoms with van der Waals surface area (Å²) >= 11 is 0. The average Bonchev–Trinajstić information content (AvgIpc) is 3.18. The van der Waals surface area contributed by atoms with Crippen LogP contribution in [0.4, 0.5) is 14.9 Å². The first-order valence-corrected chi connectivity index (χ1v) is 7.22. The molecule has 9 heteroatoms. The molecule has 1 aromatic rings. The molecule has 0 bridgehead atoms. The van der Waals surface area contributed by atoms with Gasteiger partial charge in [-0.15, -0.1) is 0 Å². The second kappa shape index (κ2) is 5.45. The highest BCUT2D eigenvalue weighted by Gasteiger charge is 2.75. The number of fused-ring (bicyclic) bond motifs is 1. The zero-order valence-corrected chi connectivity index (χ0v) is 12.3. The van der Waals surface area contributed by atoms with E-state index in [-0.39, 0.29) is 6.42 Å². The van der Waals surface area contributed by atoms with E-state index in [2.05, 4.69) is 5.32 Å². The van der Waals surface area contributed by atoms with Crippen LogP contribution >= 0.6 is 0 Å². The van der Waals surface area contributed by atoms with Gasteiger partial charge in [0.05, 0.1) is 5.92 Å². The molecule has 2 aliphatic carbocycles. The number of anilines is 1. The van der Waals surface area contributed by atoms with Crippen LogP contribution in [0, 0.1) is 23.6 Å². The third kappa shape index (κ3) is 2.56. The van der Waals surface area contributed by atoms with Crippen molar-refractivity contribution in [3.8, 4) is 0 Å². The number of nitrogens with one attached hydrogen (secondary N) is 1. The van der Waals surface area contributed by atoms with E-state index in [0.717, 1.165) is 12.1 Å². The molecule has 0 saturated heterocycles. The molecule has 128 valence electrons. The number of aliphatic carboxylic acids is 2. The van der Waals surface area contributed by atoms with Crippen LogP contribution in [0.3, 0.4) is 0 Å². The molecule has 24 heavy (non-hydrogen) atoms. The van der Waals surface area contributed by atoms with Crippen molar-refractivity contribution in [3.63, 3.8) is 0 Å². The van der Waals surface area contributed by atoms with Crippen LogP contribution in [-0.2, 0) is 14.3 Å². The van der Waals surface area contributed by atoms with Crippen molar-refractivity contribution in [3.05, 3.63) is 30.1 Å². The molecule has 1 amide bonds. The predicted octanol–water partition coefficient (Wildman–Crippen LogP) is 0.875. The number of hydrogen-bond acceptors (Lipinski definition) is 5. The SMILES string of the molecule is N[C@@]1(C(=O)O)C[C@H](OC(=O)Nc2ccc(F)cc2)[C@H]2[C@H](C(=O)O)[C@H]21. The Balaban J connectivity index is 1.69. The maximum atomic E-state index is 12.8. The lowest BCUT2D eigenvalue weighted by Gasteiger charge is -2.24. The Morgan fingerprint density at radius 1 is 1.25 bits per heavy atom. The van der Waals surface area contributed by atoms with Crippen molar-refractivity contribution >= 4 is 23.7 Å².